The highest BCUT2D eigenvalue weighted by Crippen LogP contribution is 2.26. The Bertz CT molecular complexity index is 360. The average Bonchev–Trinajstić information content (AvgIpc) is 2.19. The van der Waals surface area contributed by atoms with Crippen LogP contribution < -0.4 is 5.73 Å². The van der Waals surface area contributed by atoms with Gasteiger partial charge in [-0.2, -0.15) is 0 Å². The molecule has 1 aliphatic carbocycles. The molecule has 1 heterocycles. The summed E-state index contributed by atoms with van der Waals surface area (Å²) in [5, 5.41) is 0. The molecule has 3 nitrogen and oxygen atoms in total. The zero-order valence-corrected chi connectivity index (χ0v) is 9.58. The van der Waals surface area contributed by atoms with E-state index in [1.807, 2.05) is 6.92 Å². The predicted octanol–water partition coefficient (Wildman–Crippen LogP) is 1.41. The Morgan fingerprint density at radius 2 is 2.20 bits per heavy atom. The summed E-state index contributed by atoms with van der Waals surface area (Å²) in [4.78, 5) is 9.06. The summed E-state index contributed by atoms with van der Waals surface area (Å²) in [5.74, 6) is 1.66. The largest absolute Gasteiger partial charge is 0.330 e. The maximum absolute atomic E-state index is 5.62. The lowest BCUT2D eigenvalue weighted by Crippen LogP contribution is -2.19. The third kappa shape index (κ3) is 2.17. The van der Waals surface area contributed by atoms with Crippen LogP contribution in [-0.4, -0.2) is 16.5 Å². The molecular weight excluding hydrogens is 186 g/mol. The molecule has 82 valence electrons. The number of hydrogen-bond acceptors (Lipinski definition) is 3. The molecule has 0 saturated heterocycles. The third-order valence-corrected chi connectivity index (χ3v) is 3.10. The molecule has 0 aliphatic heterocycles. The van der Waals surface area contributed by atoms with Gasteiger partial charge in [0.15, 0.2) is 0 Å². The van der Waals surface area contributed by atoms with E-state index in [0.717, 1.165) is 31.0 Å². The lowest BCUT2D eigenvalue weighted by atomic mass is 9.86. The van der Waals surface area contributed by atoms with E-state index in [2.05, 4.69) is 16.9 Å². The Morgan fingerprint density at radius 3 is 2.93 bits per heavy atom. The van der Waals surface area contributed by atoms with Crippen molar-refractivity contribution in [3.05, 3.63) is 22.8 Å². The molecule has 0 fully saturated rings. The van der Waals surface area contributed by atoms with Crippen molar-refractivity contribution in [2.24, 2.45) is 11.7 Å². The van der Waals surface area contributed by atoms with Gasteiger partial charge in [-0.05, 0) is 44.2 Å². The fraction of sp³-hybridized carbons (Fsp3) is 0.667. The first-order chi connectivity index (χ1) is 7.20. The Labute approximate surface area is 91.1 Å². The molecule has 0 amide bonds. The van der Waals surface area contributed by atoms with Crippen LogP contribution in [0.1, 0.15) is 36.1 Å². The van der Waals surface area contributed by atoms with Crippen LogP contribution in [0.5, 0.6) is 0 Å². The van der Waals surface area contributed by atoms with Gasteiger partial charge in [-0.15, -0.1) is 0 Å². The van der Waals surface area contributed by atoms with Crippen molar-refractivity contribution in [2.45, 2.75) is 39.5 Å². The summed E-state index contributed by atoms with van der Waals surface area (Å²) in [6, 6.07) is 0. The van der Waals surface area contributed by atoms with E-state index in [4.69, 9.17) is 5.73 Å². The number of hydrogen-bond donors (Lipinski definition) is 1. The van der Waals surface area contributed by atoms with Crippen molar-refractivity contribution in [1.29, 1.82) is 0 Å². The van der Waals surface area contributed by atoms with Gasteiger partial charge in [0.05, 0.1) is 0 Å². The molecular formula is C12H19N3. The van der Waals surface area contributed by atoms with Crippen molar-refractivity contribution in [3.63, 3.8) is 0 Å². The highest BCUT2D eigenvalue weighted by Gasteiger charge is 2.20. The fourth-order valence-electron chi connectivity index (χ4n) is 2.34. The second kappa shape index (κ2) is 4.27. The summed E-state index contributed by atoms with van der Waals surface area (Å²) < 4.78 is 0. The highest BCUT2D eigenvalue weighted by molar-refractivity contribution is 5.29. The van der Waals surface area contributed by atoms with Crippen molar-refractivity contribution in [2.75, 3.05) is 6.54 Å². The SMILES string of the molecule is Cc1nc(CCN)c2c(n1)CCC(C)C2. The first-order valence-corrected chi connectivity index (χ1v) is 5.76. The van der Waals surface area contributed by atoms with Gasteiger partial charge in [0.1, 0.15) is 5.82 Å². The molecule has 1 aromatic heterocycles. The van der Waals surface area contributed by atoms with Gasteiger partial charge in [-0.1, -0.05) is 6.92 Å². The molecule has 0 spiro atoms. The molecule has 3 heteroatoms. The topological polar surface area (TPSA) is 51.8 Å². The minimum Gasteiger partial charge on any atom is -0.330 e. The molecule has 2 rings (SSSR count). The Hall–Kier alpha value is -0.960. The van der Waals surface area contributed by atoms with Crippen LogP contribution in [0.15, 0.2) is 0 Å². The summed E-state index contributed by atoms with van der Waals surface area (Å²) in [6.07, 6.45) is 4.38. The molecule has 1 atom stereocenters. The maximum Gasteiger partial charge on any atom is 0.125 e. The third-order valence-electron chi connectivity index (χ3n) is 3.10. The van der Waals surface area contributed by atoms with Crippen LogP contribution in [-0.2, 0) is 19.3 Å². The van der Waals surface area contributed by atoms with E-state index < -0.39 is 0 Å². The van der Waals surface area contributed by atoms with Gasteiger partial charge in [0.2, 0.25) is 0 Å². The van der Waals surface area contributed by atoms with Gasteiger partial charge >= 0.3 is 0 Å². The Kier molecular flexibility index (Phi) is 3.00. The van der Waals surface area contributed by atoms with E-state index in [0.29, 0.717) is 6.54 Å². The number of rotatable bonds is 2. The van der Waals surface area contributed by atoms with Gasteiger partial charge in [0.25, 0.3) is 0 Å². The monoisotopic (exact) mass is 205 g/mol. The van der Waals surface area contributed by atoms with Crippen LogP contribution in [0.2, 0.25) is 0 Å². The second-order valence-corrected chi connectivity index (χ2v) is 4.53. The molecule has 0 bridgehead atoms. The first kappa shape index (κ1) is 10.6. The fourth-order valence-corrected chi connectivity index (χ4v) is 2.34. The second-order valence-electron chi connectivity index (χ2n) is 4.53. The predicted molar refractivity (Wildman–Crippen MR) is 60.7 cm³/mol. The number of nitrogens with zero attached hydrogens (tertiary/aromatic N) is 2. The van der Waals surface area contributed by atoms with E-state index in [-0.39, 0.29) is 0 Å². The van der Waals surface area contributed by atoms with Crippen molar-refractivity contribution < 1.29 is 0 Å². The molecule has 0 saturated carbocycles. The van der Waals surface area contributed by atoms with Crippen LogP contribution in [0, 0.1) is 12.8 Å². The highest BCUT2D eigenvalue weighted by atomic mass is 14.9. The van der Waals surface area contributed by atoms with Crippen molar-refractivity contribution in [3.8, 4) is 0 Å². The molecule has 1 aliphatic rings. The van der Waals surface area contributed by atoms with Gasteiger partial charge < -0.3 is 5.73 Å². The summed E-state index contributed by atoms with van der Waals surface area (Å²) in [7, 11) is 0. The molecule has 2 N–H and O–H groups in total. The molecule has 1 aromatic rings. The zero-order chi connectivity index (χ0) is 10.8. The lowest BCUT2D eigenvalue weighted by Gasteiger charge is -2.23. The van der Waals surface area contributed by atoms with Crippen molar-refractivity contribution >= 4 is 0 Å². The van der Waals surface area contributed by atoms with Crippen molar-refractivity contribution in [1.82, 2.24) is 9.97 Å². The number of aryl methyl sites for hydroxylation is 2. The standard InChI is InChI=1S/C12H19N3/c1-8-3-4-11-10(7-8)12(5-6-13)15-9(2)14-11/h8H,3-7,13H2,1-2H3. The summed E-state index contributed by atoms with van der Waals surface area (Å²) in [5.41, 5.74) is 9.45. The minimum atomic E-state index is 0.678. The normalized spacial score (nSPS) is 20.1. The number of fused-ring (bicyclic) bond motifs is 1. The van der Waals surface area contributed by atoms with Crippen LogP contribution in [0.3, 0.4) is 0 Å². The lowest BCUT2D eigenvalue weighted by molar-refractivity contribution is 0.486. The van der Waals surface area contributed by atoms with Gasteiger partial charge in [-0.3, -0.25) is 0 Å². The van der Waals surface area contributed by atoms with Crippen LogP contribution in [0.4, 0.5) is 0 Å². The zero-order valence-electron chi connectivity index (χ0n) is 9.58. The smallest absolute Gasteiger partial charge is 0.125 e. The van der Waals surface area contributed by atoms with E-state index in [1.165, 1.54) is 23.4 Å². The summed E-state index contributed by atoms with van der Waals surface area (Å²) >= 11 is 0. The van der Waals surface area contributed by atoms with E-state index in [9.17, 15) is 0 Å². The maximum atomic E-state index is 5.62. The first-order valence-electron chi connectivity index (χ1n) is 5.76. The Balaban J connectivity index is 2.40. The minimum absolute atomic E-state index is 0.678. The number of aromatic nitrogens is 2. The van der Waals surface area contributed by atoms with Crippen LogP contribution in [0.25, 0.3) is 0 Å². The Morgan fingerprint density at radius 1 is 1.40 bits per heavy atom. The van der Waals surface area contributed by atoms with Crippen LogP contribution >= 0.6 is 0 Å². The van der Waals surface area contributed by atoms with Gasteiger partial charge in [-0.25, -0.2) is 9.97 Å². The molecule has 0 aromatic carbocycles. The van der Waals surface area contributed by atoms with Gasteiger partial charge in [0, 0.05) is 17.8 Å². The van der Waals surface area contributed by atoms with E-state index in [1.54, 1.807) is 0 Å². The quantitative estimate of drug-likeness (QED) is 0.794. The molecule has 15 heavy (non-hydrogen) atoms. The molecule has 1 unspecified atom stereocenters. The number of nitrogens with two attached hydrogens (primary N) is 1. The van der Waals surface area contributed by atoms with E-state index >= 15 is 0 Å². The average molecular weight is 205 g/mol. The molecule has 0 radical (unpaired) electrons. The summed E-state index contributed by atoms with van der Waals surface area (Å²) in [6.45, 7) is 4.95.